The lowest BCUT2D eigenvalue weighted by molar-refractivity contribution is 0.766. The Hall–Kier alpha value is -1.71. The summed E-state index contributed by atoms with van der Waals surface area (Å²) >= 11 is 0. The molecule has 0 amide bonds. The Morgan fingerprint density at radius 2 is 2.29 bits per heavy atom. The minimum absolute atomic E-state index is 0.814. The van der Waals surface area contributed by atoms with E-state index in [1.807, 2.05) is 31.2 Å². The first-order chi connectivity index (χ1) is 6.81. The van der Waals surface area contributed by atoms with Crippen LogP contribution in [0.3, 0.4) is 0 Å². The smallest absolute Gasteiger partial charge is 0.156 e. The molecule has 0 aliphatic carbocycles. The molecule has 71 valence electrons. The predicted octanol–water partition coefficient (Wildman–Crippen LogP) is 1.41. The van der Waals surface area contributed by atoms with Crippen molar-refractivity contribution in [3.05, 3.63) is 42.6 Å². The maximum Gasteiger partial charge on any atom is 0.156 e. The molecule has 1 radical (unpaired) electrons. The highest BCUT2D eigenvalue weighted by Crippen LogP contribution is 2.09. The van der Waals surface area contributed by atoms with E-state index in [-0.39, 0.29) is 0 Å². The van der Waals surface area contributed by atoms with Gasteiger partial charge in [0.2, 0.25) is 0 Å². The molecule has 0 saturated heterocycles. The highest BCUT2D eigenvalue weighted by atomic mass is 15.5. The molecule has 1 heterocycles. The van der Waals surface area contributed by atoms with Crippen molar-refractivity contribution in [3.63, 3.8) is 0 Å². The Balaban J connectivity index is 2.49. The third-order valence-electron chi connectivity index (χ3n) is 2.01. The predicted molar refractivity (Wildman–Crippen MR) is 53.0 cm³/mol. The first kappa shape index (κ1) is 8.87. The van der Waals surface area contributed by atoms with Crippen LogP contribution >= 0.6 is 0 Å². The molecule has 0 aliphatic rings. The largest absolute Gasteiger partial charge is 0.197 e. The quantitative estimate of drug-likeness (QED) is 0.713. The van der Waals surface area contributed by atoms with Crippen molar-refractivity contribution in [2.75, 3.05) is 0 Å². The number of hydrogen-bond acceptors (Lipinski definition) is 3. The van der Waals surface area contributed by atoms with Gasteiger partial charge in [0.25, 0.3) is 0 Å². The molecule has 0 unspecified atom stereocenters. The van der Waals surface area contributed by atoms with Gasteiger partial charge in [-0.1, -0.05) is 19.1 Å². The molecule has 0 bridgehead atoms. The normalized spacial score (nSPS) is 10.4. The molecular formula is C10H11N4. The van der Waals surface area contributed by atoms with E-state index >= 15 is 0 Å². The number of hydrogen-bond donors (Lipinski definition) is 0. The van der Waals surface area contributed by atoms with E-state index in [1.54, 1.807) is 4.68 Å². The van der Waals surface area contributed by atoms with Crippen LogP contribution in [0.4, 0.5) is 0 Å². The number of tetrazole rings is 1. The van der Waals surface area contributed by atoms with Gasteiger partial charge in [-0.3, -0.25) is 0 Å². The summed E-state index contributed by atoms with van der Waals surface area (Å²) in [5.74, 6) is 0.857. The van der Waals surface area contributed by atoms with Gasteiger partial charge in [-0.2, -0.15) is 4.68 Å². The van der Waals surface area contributed by atoms with Gasteiger partial charge in [0.05, 0.1) is 5.69 Å². The van der Waals surface area contributed by atoms with Crippen molar-refractivity contribution in [2.45, 2.75) is 13.3 Å². The van der Waals surface area contributed by atoms with Crippen LogP contribution in [0.25, 0.3) is 5.69 Å². The summed E-state index contributed by atoms with van der Waals surface area (Å²) in [6.07, 6.45) is 0.814. The van der Waals surface area contributed by atoms with Gasteiger partial charge >= 0.3 is 0 Å². The molecule has 0 atom stereocenters. The second kappa shape index (κ2) is 3.57. The van der Waals surface area contributed by atoms with Crippen LogP contribution in [0, 0.1) is 6.92 Å². The van der Waals surface area contributed by atoms with Crippen molar-refractivity contribution in [1.29, 1.82) is 0 Å². The molecule has 2 aromatic rings. The zero-order valence-corrected chi connectivity index (χ0v) is 8.01. The van der Waals surface area contributed by atoms with Crippen molar-refractivity contribution < 1.29 is 0 Å². The Morgan fingerprint density at radius 1 is 1.43 bits per heavy atom. The minimum Gasteiger partial charge on any atom is -0.197 e. The van der Waals surface area contributed by atoms with E-state index in [2.05, 4.69) is 22.4 Å². The highest BCUT2D eigenvalue weighted by Gasteiger charge is 2.04. The average Bonchev–Trinajstić information content (AvgIpc) is 2.65. The zero-order chi connectivity index (χ0) is 9.97. The monoisotopic (exact) mass is 187 g/mol. The van der Waals surface area contributed by atoms with Gasteiger partial charge in [-0.15, -0.1) is 5.10 Å². The van der Waals surface area contributed by atoms with Crippen LogP contribution in [0.15, 0.2) is 24.3 Å². The highest BCUT2D eigenvalue weighted by molar-refractivity contribution is 5.36. The van der Waals surface area contributed by atoms with Crippen LogP contribution in [0.2, 0.25) is 0 Å². The van der Waals surface area contributed by atoms with Gasteiger partial charge in [-0.05, 0) is 35.0 Å². The molecule has 1 aromatic heterocycles. The number of nitrogens with zero attached hydrogens (tertiary/aromatic N) is 4. The van der Waals surface area contributed by atoms with Crippen LogP contribution in [0.1, 0.15) is 18.3 Å². The Morgan fingerprint density at radius 3 is 3.00 bits per heavy atom. The average molecular weight is 187 g/mol. The first-order valence-electron chi connectivity index (χ1n) is 4.51. The Labute approximate surface area is 82.6 Å². The van der Waals surface area contributed by atoms with Crippen LogP contribution in [0.5, 0.6) is 0 Å². The molecule has 0 aliphatic heterocycles. The number of aromatic nitrogens is 4. The summed E-state index contributed by atoms with van der Waals surface area (Å²) in [7, 11) is 0. The maximum atomic E-state index is 3.93. The fourth-order valence-corrected chi connectivity index (χ4v) is 1.31. The second-order valence-electron chi connectivity index (χ2n) is 3.03. The molecule has 0 fully saturated rings. The molecule has 4 nitrogen and oxygen atoms in total. The van der Waals surface area contributed by atoms with E-state index in [1.165, 1.54) is 0 Å². The summed E-state index contributed by atoms with van der Waals surface area (Å²) in [4.78, 5) is 0. The van der Waals surface area contributed by atoms with Gasteiger partial charge in [0.15, 0.2) is 5.82 Å². The van der Waals surface area contributed by atoms with Gasteiger partial charge in [0.1, 0.15) is 0 Å². The van der Waals surface area contributed by atoms with E-state index < -0.39 is 0 Å². The molecule has 4 heteroatoms. The fraction of sp³-hybridized carbons (Fsp3) is 0.200. The molecular weight excluding hydrogens is 176 g/mol. The van der Waals surface area contributed by atoms with Gasteiger partial charge < -0.3 is 0 Å². The van der Waals surface area contributed by atoms with Crippen molar-refractivity contribution in [3.8, 4) is 5.69 Å². The van der Waals surface area contributed by atoms with E-state index in [9.17, 15) is 0 Å². The third kappa shape index (κ3) is 1.51. The van der Waals surface area contributed by atoms with Crippen LogP contribution in [-0.4, -0.2) is 20.2 Å². The summed E-state index contributed by atoms with van der Waals surface area (Å²) in [5, 5.41) is 11.5. The van der Waals surface area contributed by atoms with Crippen molar-refractivity contribution >= 4 is 0 Å². The summed E-state index contributed by atoms with van der Waals surface area (Å²) < 4.78 is 1.73. The second-order valence-corrected chi connectivity index (χ2v) is 3.03. The molecule has 14 heavy (non-hydrogen) atoms. The standard InChI is InChI=1S/C10H11N4/c1-3-10-11-12-13-14(10)9-6-4-5-8(2)7-9/h4-7H,2-3H2,1H3. The van der Waals surface area contributed by atoms with Gasteiger partial charge in [-0.25, -0.2) is 0 Å². The summed E-state index contributed by atoms with van der Waals surface area (Å²) in [6.45, 7) is 5.89. The number of benzene rings is 1. The van der Waals surface area contributed by atoms with Crippen LogP contribution in [-0.2, 0) is 6.42 Å². The lowest BCUT2D eigenvalue weighted by Gasteiger charge is -2.02. The summed E-state index contributed by atoms with van der Waals surface area (Å²) in [5.41, 5.74) is 1.92. The first-order valence-corrected chi connectivity index (χ1v) is 4.51. The molecule has 0 spiro atoms. The van der Waals surface area contributed by atoms with E-state index in [0.29, 0.717) is 0 Å². The number of aryl methyl sites for hydroxylation is 1. The molecule has 0 saturated carbocycles. The Bertz CT molecular complexity index is 433. The molecule has 0 N–H and O–H groups in total. The maximum absolute atomic E-state index is 3.93. The zero-order valence-electron chi connectivity index (χ0n) is 8.01. The van der Waals surface area contributed by atoms with E-state index in [4.69, 9.17) is 0 Å². The van der Waals surface area contributed by atoms with Crippen LogP contribution < -0.4 is 0 Å². The Kier molecular flexibility index (Phi) is 2.26. The lowest BCUT2D eigenvalue weighted by Crippen LogP contribution is -2.02. The fourth-order valence-electron chi connectivity index (χ4n) is 1.31. The topological polar surface area (TPSA) is 43.6 Å². The molecule has 2 rings (SSSR count). The van der Waals surface area contributed by atoms with E-state index in [0.717, 1.165) is 23.5 Å². The molecule has 1 aromatic carbocycles. The van der Waals surface area contributed by atoms with Gasteiger partial charge in [0, 0.05) is 6.42 Å². The van der Waals surface area contributed by atoms with Crippen molar-refractivity contribution in [2.24, 2.45) is 0 Å². The lowest BCUT2D eigenvalue weighted by atomic mass is 10.2. The number of rotatable bonds is 2. The SMILES string of the molecule is [CH2]c1cccc(-n2nnnc2CC)c1. The third-order valence-corrected chi connectivity index (χ3v) is 2.01. The van der Waals surface area contributed by atoms with Crippen molar-refractivity contribution in [1.82, 2.24) is 20.2 Å². The minimum atomic E-state index is 0.814. The summed E-state index contributed by atoms with van der Waals surface area (Å²) in [6, 6.07) is 7.80.